The van der Waals surface area contributed by atoms with Crippen molar-refractivity contribution in [2.24, 2.45) is 0 Å². The van der Waals surface area contributed by atoms with Gasteiger partial charge in [-0.05, 0) is 6.42 Å². The van der Waals surface area contributed by atoms with E-state index in [1.807, 2.05) is 0 Å². The first-order valence-electron chi connectivity index (χ1n) is 6.39. The Morgan fingerprint density at radius 2 is 2.35 bits per heavy atom. The first-order chi connectivity index (χ1) is 9.74. The van der Waals surface area contributed by atoms with E-state index in [-0.39, 0.29) is 5.97 Å². The van der Waals surface area contributed by atoms with Gasteiger partial charge in [0.2, 0.25) is 5.95 Å². The van der Waals surface area contributed by atoms with Crippen molar-refractivity contribution in [3.63, 3.8) is 0 Å². The van der Waals surface area contributed by atoms with Gasteiger partial charge < -0.3 is 10.1 Å². The van der Waals surface area contributed by atoms with Crippen LogP contribution in [0.4, 0.5) is 5.95 Å². The molecule has 2 heterocycles. The van der Waals surface area contributed by atoms with Gasteiger partial charge in [0.05, 0.1) is 25.1 Å². The van der Waals surface area contributed by atoms with E-state index in [9.17, 15) is 4.79 Å². The van der Waals surface area contributed by atoms with Crippen LogP contribution >= 0.6 is 11.8 Å². The molecule has 2 rings (SSSR count). The number of fused-ring (bicyclic) bond motifs is 1. The Morgan fingerprint density at radius 3 is 3.10 bits per heavy atom. The summed E-state index contributed by atoms with van der Waals surface area (Å²) in [5.41, 5.74) is 0.694. The van der Waals surface area contributed by atoms with Gasteiger partial charge in [-0.25, -0.2) is 4.98 Å². The molecule has 2 N–H and O–H groups in total. The molecule has 0 fully saturated rings. The van der Waals surface area contributed by atoms with Crippen LogP contribution in [0, 0.1) is 0 Å². The maximum absolute atomic E-state index is 11.1. The summed E-state index contributed by atoms with van der Waals surface area (Å²) in [7, 11) is 1.39. The van der Waals surface area contributed by atoms with Gasteiger partial charge in [0.25, 0.3) is 0 Å². The molecule has 20 heavy (non-hydrogen) atoms. The van der Waals surface area contributed by atoms with Crippen molar-refractivity contribution in [3.05, 3.63) is 6.20 Å². The Morgan fingerprint density at radius 1 is 1.50 bits per heavy atom. The lowest BCUT2D eigenvalue weighted by atomic mass is 10.4. The number of esters is 1. The summed E-state index contributed by atoms with van der Waals surface area (Å²) in [6, 6.07) is 0. The topological polar surface area (TPSA) is 92.8 Å². The van der Waals surface area contributed by atoms with Crippen LogP contribution in [0.5, 0.6) is 0 Å². The lowest BCUT2D eigenvalue weighted by Gasteiger charge is -2.06. The molecule has 2 aromatic heterocycles. The van der Waals surface area contributed by atoms with Crippen LogP contribution in [0.3, 0.4) is 0 Å². The molecule has 0 spiro atoms. The summed E-state index contributed by atoms with van der Waals surface area (Å²) >= 11 is 1.49. The molecule has 0 aliphatic heterocycles. The Bertz CT molecular complexity index is 586. The van der Waals surface area contributed by atoms with E-state index in [0.717, 1.165) is 23.4 Å². The smallest absolute Gasteiger partial charge is 0.306 e. The molecule has 0 radical (unpaired) electrons. The minimum absolute atomic E-state index is 0.223. The van der Waals surface area contributed by atoms with Crippen molar-refractivity contribution in [1.29, 1.82) is 0 Å². The number of rotatable bonds is 7. The molecule has 0 aliphatic carbocycles. The number of H-pyrrole nitrogens is 1. The number of anilines is 1. The molecule has 0 aliphatic rings. The summed E-state index contributed by atoms with van der Waals surface area (Å²) in [6.07, 6.45) is 3.04. The fourth-order valence-corrected chi connectivity index (χ4v) is 2.49. The molecule has 0 aromatic carbocycles. The molecule has 108 valence electrons. The quantitative estimate of drug-likeness (QED) is 0.457. The van der Waals surface area contributed by atoms with Crippen LogP contribution in [0.1, 0.15) is 19.8 Å². The van der Waals surface area contributed by atoms with Crippen molar-refractivity contribution in [3.8, 4) is 0 Å². The van der Waals surface area contributed by atoms with Gasteiger partial charge in [-0.2, -0.15) is 10.1 Å². The number of hydrogen-bond acceptors (Lipinski definition) is 7. The van der Waals surface area contributed by atoms with Crippen LogP contribution in [0.15, 0.2) is 11.2 Å². The number of nitrogens with zero attached hydrogens (tertiary/aromatic N) is 3. The number of aromatic nitrogens is 4. The second kappa shape index (κ2) is 7.09. The van der Waals surface area contributed by atoms with Gasteiger partial charge in [-0.15, -0.1) is 11.8 Å². The van der Waals surface area contributed by atoms with E-state index >= 15 is 0 Å². The first-order valence-corrected chi connectivity index (χ1v) is 7.37. The average molecular weight is 295 g/mol. The molecular formula is C12H17N5O2S. The molecule has 7 nitrogen and oxygen atoms in total. The van der Waals surface area contributed by atoms with Crippen LogP contribution in [0.25, 0.3) is 11.0 Å². The van der Waals surface area contributed by atoms with E-state index in [0.29, 0.717) is 23.8 Å². The Balaban J connectivity index is 2.12. The number of carbonyl (C=O) groups excluding carboxylic acids is 1. The zero-order valence-corrected chi connectivity index (χ0v) is 12.3. The first kappa shape index (κ1) is 14.6. The zero-order valence-electron chi connectivity index (χ0n) is 11.5. The van der Waals surface area contributed by atoms with Crippen molar-refractivity contribution < 1.29 is 9.53 Å². The van der Waals surface area contributed by atoms with E-state index in [2.05, 4.69) is 37.1 Å². The number of aromatic amines is 1. The van der Waals surface area contributed by atoms with Gasteiger partial charge in [-0.1, -0.05) is 6.92 Å². The molecule has 8 heteroatoms. The van der Waals surface area contributed by atoms with Crippen LogP contribution < -0.4 is 5.32 Å². The van der Waals surface area contributed by atoms with Gasteiger partial charge in [0.15, 0.2) is 5.65 Å². The van der Waals surface area contributed by atoms with Crippen molar-refractivity contribution in [2.75, 3.05) is 24.7 Å². The third-order valence-electron chi connectivity index (χ3n) is 2.58. The molecule has 0 saturated carbocycles. The second-order valence-electron chi connectivity index (χ2n) is 4.09. The van der Waals surface area contributed by atoms with Gasteiger partial charge >= 0.3 is 5.97 Å². The molecule has 2 aromatic rings. The number of nitrogens with one attached hydrogen (secondary N) is 2. The Labute approximate surface area is 120 Å². The van der Waals surface area contributed by atoms with E-state index in [4.69, 9.17) is 0 Å². The van der Waals surface area contributed by atoms with E-state index in [1.165, 1.54) is 18.9 Å². The van der Waals surface area contributed by atoms with Gasteiger partial charge in [0, 0.05) is 12.3 Å². The predicted octanol–water partition coefficient (Wildman–Crippen LogP) is 1.83. The van der Waals surface area contributed by atoms with Gasteiger partial charge in [0.1, 0.15) is 5.03 Å². The third-order valence-corrected chi connectivity index (χ3v) is 3.57. The highest BCUT2D eigenvalue weighted by molar-refractivity contribution is 7.99. The molecule has 0 atom stereocenters. The van der Waals surface area contributed by atoms with Crippen LogP contribution in [-0.4, -0.2) is 45.5 Å². The lowest BCUT2D eigenvalue weighted by Crippen LogP contribution is -2.05. The number of thioether (sulfide) groups is 1. The van der Waals surface area contributed by atoms with Gasteiger partial charge in [-0.3, -0.25) is 9.89 Å². The Hall–Kier alpha value is -1.83. The van der Waals surface area contributed by atoms with Crippen molar-refractivity contribution >= 4 is 34.7 Å². The minimum Gasteiger partial charge on any atom is -0.469 e. The normalized spacial score (nSPS) is 10.7. The van der Waals surface area contributed by atoms with Crippen molar-refractivity contribution in [2.45, 2.75) is 24.8 Å². The highest BCUT2D eigenvalue weighted by Gasteiger charge is 2.10. The molecule has 0 unspecified atom stereocenters. The summed E-state index contributed by atoms with van der Waals surface area (Å²) in [5, 5.41) is 11.6. The fourth-order valence-electron chi connectivity index (χ4n) is 1.57. The van der Waals surface area contributed by atoms with Crippen molar-refractivity contribution in [1.82, 2.24) is 20.2 Å². The largest absolute Gasteiger partial charge is 0.469 e. The number of carbonyl (C=O) groups is 1. The maximum Gasteiger partial charge on any atom is 0.306 e. The monoisotopic (exact) mass is 295 g/mol. The number of hydrogen-bond donors (Lipinski definition) is 2. The molecule has 0 amide bonds. The highest BCUT2D eigenvalue weighted by Crippen LogP contribution is 2.25. The van der Waals surface area contributed by atoms with E-state index in [1.54, 1.807) is 6.20 Å². The third kappa shape index (κ3) is 3.60. The maximum atomic E-state index is 11.1. The molecule has 0 saturated heterocycles. The number of ether oxygens (including phenoxy) is 1. The average Bonchev–Trinajstić information content (AvgIpc) is 2.93. The molecular weight excluding hydrogens is 278 g/mol. The van der Waals surface area contributed by atoms with Crippen LogP contribution in [-0.2, 0) is 9.53 Å². The zero-order chi connectivity index (χ0) is 14.4. The SMILES string of the molecule is CCCNc1nc(SCCC(=O)OC)c2cn[nH]c2n1. The predicted molar refractivity (Wildman–Crippen MR) is 77.8 cm³/mol. The minimum atomic E-state index is -0.223. The standard InChI is InChI=1S/C12H17N5O2S/c1-3-5-13-12-15-10-8(7-14-17-10)11(16-12)20-6-4-9(18)19-2/h7H,3-6H2,1-2H3,(H2,13,14,15,16,17). The fraction of sp³-hybridized carbons (Fsp3) is 0.500. The van der Waals surface area contributed by atoms with E-state index < -0.39 is 0 Å². The highest BCUT2D eigenvalue weighted by atomic mass is 32.2. The molecule has 0 bridgehead atoms. The van der Waals surface area contributed by atoms with Crippen LogP contribution in [0.2, 0.25) is 0 Å². The summed E-state index contributed by atoms with van der Waals surface area (Å²) in [5.74, 6) is 0.959. The summed E-state index contributed by atoms with van der Waals surface area (Å²) in [6.45, 7) is 2.89. The lowest BCUT2D eigenvalue weighted by molar-refractivity contribution is -0.140. The summed E-state index contributed by atoms with van der Waals surface area (Å²) < 4.78 is 4.62. The number of methoxy groups -OCH3 is 1. The second-order valence-corrected chi connectivity index (χ2v) is 5.17. The summed E-state index contributed by atoms with van der Waals surface area (Å²) in [4.78, 5) is 19.9. The Kier molecular flexibility index (Phi) is 5.16.